The van der Waals surface area contributed by atoms with Crippen LogP contribution in [0, 0.1) is 6.92 Å². The summed E-state index contributed by atoms with van der Waals surface area (Å²) in [5.41, 5.74) is 1.58. The Morgan fingerprint density at radius 2 is 2.16 bits per heavy atom. The van der Waals surface area contributed by atoms with Gasteiger partial charge in [0, 0.05) is 10.8 Å². The number of carboxylic acids is 1. The van der Waals surface area contributed by atoms with Crippen molar-refractivity contribution >= 4 is 17.3 Å². The van der Waals surface area contributed by atoms with E-state index in [0.29, 0.717) is 12.2 Å². The van der Waals surface area contributed by atoms with E-state index in [-0.39, 0.29) is 11.1 Å². The number of carboxylic acid groups (broad SMARTS) is 1. The van der Waals surface area contributed by atoms with Gasteiger partial charge in [-0.25, -0.2) is 14.5 Å². The second-order valence-corrected chi connectivity index (χ2v) is 6.31. The minimum absolute atomic E-state index is 0.00685. The normalized spacial score (nSPS) is 11.8. The molecule has 2 aromatic rings. The second kappa shape index (κ2) is 4.73. The number of aromatic nitrogens is 4. The van der Waals surface area contributed by atoms with Crippen molar-refractivity contribution in [2.75, 3.05) is 0 Å². The smallest absolute Gasteiger partial charge is 0.358 e. The molecule has 0 amide bonds. The highest BCUT2D eigenvalue weighted by atomic mass is 32.1. The molecule has 0 aliphatic rings. The van der Waals surface area contributed by atoms with Crippen LogP contribution < -0.4 is 0 Å². The van der Waals surface area contributed by atoms with Gasteiger partial charge in [0.05, 0.1) is 17.9 Å². The molecule has 0 atom stereocenters. The van der Waals surface area contributed by atoms with Crippen LogP contribution in [-0.4, -0.2) is 31.1 Å². The first-order chi connectivity index (χ1) is 8.79. The first-order valence-electron chi connectivity index (χ1n) is 5.87. The Balaban J connectivity index is 2.22. The summed E-state index contributed by atoms with van der Waals surface area (Å²) in [6.45, 7) is 8.47. The molecule has 0 unspecified atom stereocenters. The maximum atomic E-state index is 10.9. The van der Waals surface area contributed by atoms with Crippen molar-refractivity contribution in [2.24, 2.45) is 0 Å². The van der Waals surface area contributed by atoms with Gasteiger partial charge in [-0.1, -0.05) is 26.0 Å². The van der Waals surface area contributed by atoms with Crippen LogP contribution in [0.25, 0.3) is 0 Å². The monoisotopic (exact) mass is 280 g/mol. The van der Waals surface area contributed by atoms with E-state index in [4.69, 9.17) is 5.11 Å². The average Bonchev–Trinajstić information content (AvgIpc) is 2.87. The predicted octanol–water partition coefficient (Wildman–Crippen LogP) is 2.09. The average molecular weight is 280 g/mol. The highest BCUT2D eigenvalue weighted by molar-refractivity contribution is 7.09. The molecule has 7 heteroatoms. The Bertz CT molecular complexity index is 610. The molecular weight excluding hydrogens is 264 g/mol. The third-order valence-electron chi connectivity index (χ3n) is 2.79. The van der Waals surface area contributed by atoms with Crippen LogP contribution in [0.2, 0.25) is 0 Å². The van der Waals surface area contributed by atoms with Crippen molar-refractivity contribution in [3.05, 3.63) is 27.5 Å². The zero-order valence-electron chi connectivity index (χ0n) is 11.3. The maximum Gasteiger partial charge on any atom is 0.358 e. The molecule has 19 heavy (non-hydrogen) atoms. The fraction of sp³-hybridized carbons (Fsp3) is 0.500. The summed E-state index contributed by atoms with van der Waals surface area (Å²) in [6.07, 6.45) is 0. The molecule has 0 aromatic carbocycles. The van der Waals surface area contributed by atoms with Gasteiger partial charge in [0.1, 0.15) is 5.01 Å². The Kier molecular flexibility index (Phi) is 3.40. The van der Waals surface area contributed by atoms with E-state index in [1.165, 1.54) is 0 Å². The van der Waals surface area contributed by atoms with Crippen molar-refractivity contribution in [3.8, 4) is 0 Å². The fourth-order valence-corrected chi connectivity index (χ4v) is 2.57. The summed E-state index contributed by atoms with van der Waals surface area (Å²) in [5.74, 6) is -1.06. The van der Waals surface area contributed by atoms with E-state index >= 15 is 0 Å². The molecule has 0 saturated heterocycles. The number of carbonyl (C=O) groups is 1. The molecule has 2 heterocycles. The molecule has 0 spiro atoms. The van der Waals surface area contributed by atoms with E-state index in [1.54, 1.807) is 22.9 Å². The fourth-order valence-electron chi connectivity index (χ4n) is 1.56. The standard InChI is InChI=1S/C12H16N4O2S/c1-7-10(11(17)18)14-15-16(7)5-9-13-8(6-19-9)12(2,3)4/h6H,5H2,1-4H3,(H,17,18). The maximum absolute atomic E-state index is 10.9. The van der Waals surface area contributed by atoms with Crippen LogP contribution >= 0.6 is 11.3 Å². The highest BCUT2D eigenvalue weighted by Crippen LogP contribution is 2.24. The Labute approximate surface area is 115 Å². The Hall–Kier alpha value is -1.76. The van der Waals surface area contributed by atoms with Gasteiger partial charge in [-0.05, 0) is 6.92 Å². The van der Waals surface area contributed by atoms with Crippen LogP contribution in [0.4, 0.5) is 0 Å². The number of rotatable bonds is 3. The molecule has 0 bridgehead atoms. The molecule has 0 radical (unpaired) electrons. The quantitative estimate of drug-likeness (QED) is 0.931. The van der Waals surface area contributed by atoms with Crippen molar-refractivity contribution in [3.63, 3.8) is 0 Å². The molecular formula is C12H16N4O2S. The highest BCUT2D eigenvalue weighted by Gasteiger charge is 2.19. The number of thiazole rings is 1. The van der Waals surface area contributed by atoms with E-state index in [1.807, 2.05) is 5.38 Å². The van der Waals surface area contributed by atoms with E-state index in [0.717, 1.165) is 10.7 Å². The number of hydrogen-bond donors (Lipinski definition) is 1. The van der Waals surface area contributed by atoms with Gasteiger partial charge in [-0.3, -0.25) is 0 Å². The van der Waals surface area contributed by atoms with E-state index in [9.17, 15) is 4.79 Å². The minimum Gasteiger partial charge on any atom is -0.476 e. The van der Waals surface area contributed by atoms with Crippen LogP contribution in [0.3, 0.4) is 0 Å². The summed E-state index contributed by atoms with van der Waals surface area (Å²) in [6, 6.07) is 0. The van der Waals surface area contributed by atoms with E-state index in [2.05, 4.69) is 36.1 Å². The van der Waals surface area contributed by atoms with Gasteiger partial charge >= 0.3 is 5.97 Å². The molecule has 0 fully saturated rings. The third-order valence-corrected chi connectivity index (χ3v) is 3.62. The largest absolute Gasteiger partial charge is 0.476 e. The van der Waals surface area contributed by atoms with Crippen LogP contribution in [-0.2, 0) is 12.0 Å². The lowest BCUT2D eigenvalue weighted by Crippen LogP contribution is -2.12. The topological polar surface area (TPSA) is 80.9 Å². The number of aromatic carboxylic acids is 1. The predicted molar refractivity (Wildman–Crippen MR) is 71.6 cm³/mol. The second-order valence-electron chi connectivity index (χ2n) is 5.36. The SMILES string of the molecule is Cc1c(C(=O)O)nnn1Cc1nc(C(C)(C)C)cs1. The summed E-state index contributed by atoms with van der Waals surface area (Å²) >= 11 is 1.55. The Morgan fingerprint density at radius 1 is 1.47 bits per heavy atom. The lowest BCUT2D eigenvalue weighted by molar-refractivity contribution is 0.0689. The summed E-state index contributed by atoms with van der Waals surface area (Å²) in [5, 5.41) is 19.4. The van der Waals surface area contributed by atoms with Crippen molar-refractivity contribution < 1.29 is 9.90 Å². The summed E-state index contributed by atoms with van der Waals surface area (Å²) in [7, 11) is 0. The molecule has 6 nitrogen and oxygen atoms in total. The zero-order valence-corrected chi connectivity index (χ0v) is 12.2. The Morgan fingerprint density at radius 3 is 2.63 bits per heavy atom. The molecule has 0 aliphatic carbocycles. The molecule has 0 aliphatic heterocycles. The molecule has 0 saturated carbocycles. The number of hydrogen-bond acceptors (Lipinski definition) is 5. The van der Waals surface area contributed by atoms with Gasteiger partial charge in [0.25, 0.3) is 0 Å². The molecule has 1 N–H and O–H groups in total. The lowest BCUT2D eigenvalue weighted by Gasteiger charge is -2.14. The van der Waals surface area contributed by atoms with E-state index < -0.39 is 5.97 Å². The van der Waals surface area contributed by atoms with Gasteiger partial charge in [0.2, 0.25) is 0 Å². The number of nitrogens with zero attached hydrogens (tertiary/aromatic N) is 4. The van der Waals surface area contributed by atoms with Gasteiger partial charge < -0.3 is 5.11 Å². The molecule has 2 rings (SSSR count). The van der Waals surface area contributed by atoms with Gasteiger partial charge in [-0.15, -0.1) is 16.4 Å². The first-order valence-corrected chi connectivity index (χ1v) is 6.75. The van der Waals surface area contributed by atoms with Crippen LogP contribution in [0.5, 0.6) is 0 Å². The zero-order chi connectivity index (χ0) is 14.2. The summed E-state index contributed by atoms with van der Waals surface area (Å²) in [4.78, 5) is 15.4. The molecule has 102 valence electrons. The minimum atomic E-state index is -1.06. The third kappa shape index (κ3) is 2.81. The lowest BCUT2D eigenvalue weighted by atomic mass is 9.93. The van der Waals surface area contributed by atoms with Gasteiger partial charge in [0.15, 0.2) is 5.69 Å². The van der Waals surface area contributed by atoms with Crippen LogP contribution in [0.15, 0.2) is 5.38 Å². The van der Waals surface area contributed by atoms with Gasteiger partial charge in [-0.2, -0.15) is 0 Å². The first kappa shape index (κ1) is 13.7. The van der Waals surface area contributed by atoms with Crippen LogP contribution in [0.1, 0.15) is 47.7 Å². The molecule has 2 aromatic heterocycles. The van der Waals surface area contributed by atoms with Crippen molar-refractivity contribution in [1.82, 2.24) is 20.0 Å². The van der Waals surface area contributed by atoms with Crippen molar-refractivity contribution in [1.29, 1.82) is 0 Å². The summed E-state index contributed by atoms with van der Waals surface area (Å²) < 4.78 is 1.56. The van der Waals surface area contributed by atoms with Crippen molar-refractivity contribution in [2.45, 2.75) is 39.7 Å².